The van der Waals surface area contributed by atoms with Crippen molar-refractivity contribution >= 4 is 29.6 Å². The molecule has 0 radical (unpaired) electrons. The lowest BCUT2D eigenvalue weighted by atomic mass is 9.91. The van der Waals surface area contributed by atoms with E-state index >= 15 is 0 Å². The van der Waals surface area contributed by atoms with Gasteiger partial charge in [0, 0.05) is 29.9 Å². The van der Waals surface area contributed by atoms with Crippen molar-refractivity contribution in [3.8, 4) is 0 Å². The summed E-state index contributed by atoms with van der Waals surface area (Å²) < 4.78 is 0. The Balaban J connectivity index is 0.000000196. The number of aryl methyl sites for hydroxylation is 1. The summed E-state index contributed by atoms with van der Waals surface area (Å²) in [5, 5.41) is 6.44. The second-order valence-electron chi connectivity index (χ2n) is 6.16. The Kier molecular flexibility index (Phi) is 6.65. The van der Waals surface area contributed by atoms with E-state index in [1.807, 2.05) is 32.2 Å². The molecule has 6 heteroatoms. The van der Waals surface area contributed by atoms with Crippen molar-refractivity contribution in [3.63, 3.8) is 0 Å². The number of nitrogens with two attached hydrogens (primary N) is 1. The Labute approximate surface area is 153 Å². The van der Waals surface area contributed by atoms with Gasteiger partial charge in [-0.1, -0.05) is 17.2 Å². The van der Waals surface area contributed by atoms with E-state index in [0.717, 1.165) is 41.1 Å². The van der Waals surface area contributed by atoms with E-state index in [-0.39, 0.29) is 0 Å². The van der Waals surface area contributed by atoms with Crippen LogP contribution in [0.15, 0.2) is 40.6 Å². The summed E-state index contributed by atoms with van der Waals surface area (Å²) >= 11 is 5.81. The SMILES string of the molecule is CNc1ccc(Cl)c(C)c1.NC(=O)C1=C(NC=O)CC2=C1CCCC2. The van der Waals surface area contributed by atoms with Gasteiger partial charge in [0.15, 0.2) is 0 Å². The molecule has 0 bridgehead atoms. The molecule has 0 aliphatic heterocycles. The molecule has 0 fully saturated rings. The van der Waals surface area contributed by atoms with Crippen molar-refractivity contribution in [3.05, 3.63) is 51.2 Å². The first kappa shape index (κ1) is 19.1. The summed E-state index contributed by atoms with van der Waals surface area (Å²) in [4.78, 5) is 21.7. The van der Waals surface area contributed by atoms with Crippen molar-refractivity contribution in [2.75, 3.05) is 12.4 Å². The standard InChI is InChI=1S/C11H14N2O2.C8H10ClN/c12-11(15)10-8-4-2-1-3-7(8)5-9(10)13-6-14;1-6-5-7(10-2)3-4-8(6)9/h6H,1-5H2,(H2,12,15)(H,13,14);3-5,10H,1-2H3. The van der Waals surface area contributed by atoms with E-state index in [1.165, 1.54) is 12.0 Å². The Morgan fingerprint density at radius 3 is 2.60 bits per heavy atom. The second kappa shape index (κ2) is 8.72. The number of benzene rings is 1. The third-order valence-electron chi connectivity index (χ3n) is 4.50. The van der Waals surface area contributed by atoms with Gasteiger partial charge in [-0.05, 0) is 61.9 Å². The van der Waals surface area contributed by atoms with Gasteiger partial charge in [-0.15, -0.1) is 0 Å². The van der Waals surface area contributed by atoms with E-state index in [0.29, 0.717) is 24.1 Å². The van der Waals surface area contributed by atoms with Gasteiger partial charge < -0.3 is 16.4 Å². The number of halogens is 1. The van der Waals surface area contributed by atoms with Gasteiger partial charge >= 0.3 is 0 Å². The van der Waals surface area contributed by atoms with E-state index in [4.69, 9.17) is 17.3 Å². The largest absolute Gasteiger partial charge is 0.388 e. The molecular weight excluding hydrogens is 338 g/mol. The highest BCUT2D eigenvalue weighted by atomic mass is 35.5. The fraction of sp³-hybridized carbons (Fsp3) is 0.368. The molecule has 0 aromatic heterocycles. The highest BCUT2D eigenvalue weighted by molar-refractivity contribution is 6.31. The van der Waals surface area contributed by atoms with Crippen LogP contribution in [0.1, 0.15) is 37.7 Å². The molecule has 0 heterocycles. The van der Waals surface area contributed by atoms with Gasteiger partial charge in [0.2, 0.25) is 6.41 Å². The fourth-order valence-electron chi connectivity index (χ4n) is 3.24. The molecule has 1 aromatic rings. The molecule has 4 N–H and O–H groups in total. The van der Waals surface area contributed by atoms with Crippen LogP contribution in [0.25, 0.3) is 0 Å². The first-order valence-corrected chi connectivity index (χ1v) is 8.74. The molecule has 5 nitrogen and oxygen atoms in total. The minimum absolute atomic E-state index is 0.425. The Morgan fingerprint density at radius 2 is 2.00 bits per heavy atom. The number of nitrogens with one attached hydrogen (secondary N) is 2. The maximum Gasteiger partial charge on any atom is 0.250 e. The third kappa shape index (κ3) is 4.63. The Bertz CT molecular complexity index is 738. The Morgan fingerprint density at radius 1 is 1.28 bits per heavy atom. The normalized spacial score (nSPS) is 16.0. The lowest BCUT2D eigenvalue weighted by Gasteiger charge is -2.14. The number of hydrogen-bond acceptors (Lipinski definition) is 3. The van der Waals surface area contributed by atoms with E-state index < -0.39 is 5.91 Å². The number of rotatable bonds is 4. The third-order valence-corrected chi connectivity index (χ3v) is 4.93. The maximum atomic E-state index is 11.3. The molecule has 1 aromatic carbocycles. The van der Waals surface area contributed by atoms with Gasteiger partial charge in [0.05, 0.1) is 5.57 Å². The number of primary amides is 1. The van der Waals surface area contributed by atoms with Crippen molar-refractivity contribution in [1.29, 1.82) is 0 Å². The minimum Gasteiger partial charge on any atom is -0.388 e. The molecule has 0 unspecified atom stereocenters. The lowest BCUT2D eigenvalue weighted by Crippen LogP contribution is -2.20. The molecule has 25 heavy (non-hydrogen) atoms. The van der Waals surface area contributed by atoms with Crippen LogP contribution in [0.5, 0.6) is 0 Å². The minimum atomic E-state index is -0.425. The highest BCUT2D eigenvalue weighted by Crippen LogP contribution is 2.39. The van der Waals surface area contributed by atoms with Crippen LogP contribution in [-0.2, 0) is 9.59 Å². The zero-order valence-corrected chi connectivity index (χ0v) is 15.4. The van der Waals surface area contributed by atoms with Crippen molar-refractivity contribution in [2.45, 2.75) is 39.0 Å². The smallest absolute Gasteiger partial charge is 0.250 e. The van der Waals surface area contributed by atoms with Gasteiger partial charge in [-0.3, -0.25) is 9.59 Å². The molecule has 2 aliphatic rings. The van der Waals surface area contributed by atoms with E-state index in [9.17, 15) is 9.59 Å². The average Bonchev–Trinajstić information content (AvgIpc) is 2.96. The topological polar surface area (TPSA) is 84.2 Å². The van der Waals surface area contributed by atoms with E-state index in [1.54, 1.807) is 0 Å². The molecule has 0 saturated heterocycles. The predicted molar refractivity (Wildman–Crippen MR) is 101 cm³/mol. The average molecular weight is 362 g/mol. The lowest BCUT2D eigenvalue weighted by molar-refractivity contribution is -0.114. The second-order valence-corrected chi connectivity index (χ2v) is 6.57. The number of carbonyl (C=O) groups excluding carboxylic acids is 2. The van der Waals surface area contributed by atoms with Crippen LogP contribution in [0, 0.1) is 6.92 Å². The molecule has 0 atom stereocenters. The van der Waals surface area contributed by atoms with Gasteiger partial charge in [0.1, 0.15) is 0 Å². The van der Waals surface area contributed by atoms with Crippen LogP contribution in [0.4, 0.5) is 5.69 Å². The predicted octanol–water partition coefficient (Wildman–Crippen LogP) is 3.44. The molecule has 0 spiro atoms. The van der Waals surface area contributed by atoms with Gasteiger partial charge in [0.25, 0.3) is 5.91 Å². The summed E-state index contributed by atoms with van der Waals surface area (Å²) in [6.45, 7) is 1.99. The first-order chi connectivity index (χ1) is 12.0. The van der Waals surface area contributed by atoms with E-state index in [2.05, 4.69) is 10.6 Å². The molecule has 0 saturated carbocycles. The summed E-state index contributed by atoms with van der Waals surface area (Å²) in [6.07, 6.45) is 5.50. The van der Waals surface area contributed by atoms with Crippen molar-refractivity contribution < 1.29 is 9.59 Å². The van der Waals surface area contributed by atoms with Crippen LogP contribution in [0.3, 0.4) is 0 Å². The van der Waals surface area contributed by atoms with Crippen LogP contribution < -0.4 is 16.4 Å². The van der Waals surface area contributed by atoms with Crippen molar-refractivity contribution in [1.82, 2.24) is 5.32 Å². The van der Waals surface area contributed by atoms with Crippen LogP contribution in [-0.4, -0.2) is 19.4 Å². The molecule has 2 amide bonds. The maximum absolute atomic E-state index is 11.3. The fourth-order valence-corrected chi connectivity index (χ4v) is 3.36. The quantitative estimate of drug-likeness (QED) is 0.718. The highest BCUT2D eigenvalue weighted by Gasteiger charge is 2.28. The zero-order valence-electron chi connectivity index (χ0n) is 14.6. The van der Waals surface area contributed by atoms with Gasteiger partial charge in [-0.2, -0.15) is 0 Å². The number of carbonyl (C=O) groups is 2. The molecule has 3 rings (SSSR count). The molecular formula is C19H24ClN3O2. The zero-order chi connectivity index (χ0) is 18.4. The first-order valence-electron chi connectivity index (χ1n) is 8.36. The number of anilines is 1. The number of allylic oxidation sites excluding steroid dienone is 1. The van der Waals surface area contributed by atoms with Gasteiger partial charge in [-0.25, -0.2) is 0 Å². The summed E-state index contributed by atoms with van der Waals surface area (Å²) in [5.41, 5.74) is 11.1. The van der Waals surface area contributed by atoms with Crippen LogP contribution in [0.2, 0.25) is 5.02 Å². The Hall–Kier alpha value is -2.27. The monoisotopic (exact) mass is 361 g/mol. The molecule has 134 valence electrons. The summed E-state index contributed by atoms with van der Waals surface area (Å²) in [7, 11) is 1.89. The number of hydrogen-bond donors (Lipinski definition) is 3. The summed E-state index contributed by atoms with van der Waals surface area (Å²) in [6, 6.07) is 5.86. The van der Waals surface area contributed by atoms with Crippen LogP contribution >= 0.6 is 11.6 Å². The summed E-state index contributed by atoms with van der Waals surface area (Å²) in [5.74, 6) is -0.425. The van der Waals surface area contributed by atoms with Crippen molar-refractivity contribution in [2.24, 2.45) is 5.73 Å². The molecule has 2 aliphatic carbocycles. The number of amides is 2.